The van der Waals surface area contributed by atoms with Gasteiger partial charge < -0.3 is 9.72 Å². The van der Waals surface area contributed by atoms with Crippen LogP contribution in [0.1, 0.15) is 15.9 Å². The Labute approximate surface area is 138 Å². The van der Waals surface area contributed by atoms with E-state index in [0.29, 0.717) is 5.56 Å². The van der Waals surface area contributed by atoms with Crippen molar-refractivity contribution in [3.8, 4) is 5.69 Å². The first-order valence-electron chi connectivity index (χ1n) is 7.63. The molecule has 0 bridgehead atoms. The number of hydrogen-bond acceptors (Lipinski definition) is 3. The molecule has 2 aromatic carbocycles. The van der Waals surface area contributed by atoms with Gasteiger partial charge in [0.25, 0.3) is 0 Å². The average molecular weight is 317 g/mol. The number of nitrogens with one attached hydrogen (secondary N) is 1. The molecule has 2 heterocycles. The first-order valence-corrected chi connectivity index (χ1v) is 7.63. The highest BCUT2D eigenvalue weighted by atomic mass is 16.5. The summed E-state index contributed by atoms with van der Waals surface area (Å²) < 4.78 is 7.21. The number of carbonyl (C=O) groups is 1. The van der Waals surface area contributed by atoms with Crippen molar-refractivity contribution in [1.29, 1.82) is 0 Å². The van der Waals surface area contributed by atoms with Crippen molar-refractivity contribution in [2.75, 3.05) is 0 Å². The molecule has 118 valence electrons. The number of hydrogen-bond donors (Lipinski definition) is 1. The van der Waals surface area contributed by atoms with Gasteiger partial charge in [-0.25, -0.2) is 9.48 Å². The Kier molecular flexibility index (Phi) is 3.59. The zero-order valence-electron chi connectivity index (χ0n) is 12.8. The van der Waals surface area contributed by atoms with Crippen LogP contribution in [-0.4, -0.2) is 20.7 Å². The van der Waals surface area contributed by atoms with Crippen LogP contribution < -0.4 is 0 Å². The molecule has 0 saturated heterocycles. The number of aromatic amines is 1. The van der Waals surface area contributed by atoms with Gasteiger partial charge >= 0.3 is 5.97 Å². The van der Waals surface area contributed by atoms with E-state index in [1.165, 1.54) is 0 Å². The number of rotatable bonds is 4. The SMILES string of the molecule is O=C(OCc1ccc(-n2cccn2)cc1)c1c[nH]c2ccccc12. The predicted octanol–water partition coefficient (Wildman–Crippen LogP) is 3.71. The van der Waals surface area contributed by atoms with E-state index < -0.39 is 0 Å². The summed E-state index contributed by atoms with van der Waals surface area (Å²) in [7, 11) is 0. The van der Waals surface area contributed by atoms with Crippen molar-refractivity contribution < 1.29 is 9.53 Å². The van der Waals surface area contributed by atoms with Gasteiger partial charge in [-0.1, -0.05) is 30.3 Å². The van der Waals surface area contributed by atoms with E-state index in [4.69, 9.17) is 4.74 Å². The second-order valence-electron chi connectivity index (χ2n) is 5.44. The summed E-state index contributed by atoms with van der Waals surface area (Å²) >= 11 is 0. The Morgan fingerprint density at radius 1 is 1.08 bits per heavy atom. The number of benzene rings is 2. The lowest BCUT2D eigenvalue weighted by atomic mass is 10.2. The molecule has 1 N–H and O–H groups in total. The molecule has 0 aliphatic carbocycles. The van der Waals surface area contributed by atoms with Gasteiger partial charge in [0.15, 0.2) is 0 Å². The first-order chi connectivity index (χ1) is 11.8. The maximum Gasteiger partial charge on any atom is 0.340 e. The van der Waals surface area contributed by atoms with Crippen LogP contribution in [0.25, 0.3) is 16.6 Å². The monoisotopic (exact) mass is 317 g/mol. The largest absolute Gasteiger partial charge is 0.457 e. The van der Waals surface area contributed by atoms with E-state index in [9.17, 15) is 4.79 Å². The molecule has 0 aliphatic rings. The normalized spacial score (nSPS) is 10.8. The second kappa shape index (κ2) is 6.04. The summed E-state index contributed by atoms with van der Waals surface area (Å²) in [5.41, 5.74) is 3.37. The fourth-order valence-electron chi connectivity index (χ4n) is 2.63. The van der Waals surface area contributed by atoms with Gasteiger partial charge in [0.1, 0.15) is 6.61 Å². The Bertz CT molecular complexity index is 969. The second-order valence-corrected chi connectivity index (χ2v) is 5.44. The van der Waals surface area contributed by atoms with Gasteiger partial charge in [-0.05, 0) is 29.8 Å². The van der Waals surface area contributed by atoms with Gasteiger partial charge in [-0.3, -0.25) is 0 Å². The lowest BCUT2D eigenvalue weighted by molar-refractivity contribution is 0.0475. The zero-order chi connectivity index (χ0) is 16.4. The molecule has 0 aliphatic heterocycles. The number of ether oxygens (including phenoxy) is 1. The van der Waals surface area contributed by atoms with Crippen molar-refractivity contribution in [3.63, 3.8) is 0 Å². The quantitative estimate of drug-likeness (QED) is 0.584. The highest BCUT2D eigenvalue weighted by molar-refractivity contribution is 6.03. The molecule has 0 fully saturated rings. The van der Waals surface area contributed by atoms with E-state index in [2.05, 4.69) is 10.1 Å². The molecule has 4 aromatic rings. The molecule has 0 unspecified atom stereocenters. The van der Waals surface area contributed by atoms with Crippen molar-refractivity contribution in [1.82, 2.24) is 14.8 Å². The van der Waals surface area contributed by atoms with E-state index >= 15 is 0 Å². The minimum Gasteiger partial charge on any atom is -0.457 e. The molecule has 5 heteroatoms. The molecule has 2 aromatic heterocycles. The fraction of sp³-hybridized carbons (Fsp3) is 0.0526. The molecule has 24 heavy (non-hydrogen) atoms. The summed E-state index contributed by atoms with van der Waals surface area (Å²) in [4.78, 5) is 15.4. The maximum atomic E-state index is 12.3. The summed E-state index contributed by atoms with van der Waals surface area (Å²) in [6.45, 7) is 0.234. The molecule has 0 spiro atoms. The Hall–Kier alpha value is -3.34. The smallest absolute Gasteiger partial charge is 0.340 e. The Morgan fingerprint density at radius 3 is 2.71 bits per heavy atom. The highest BCUT2D eigenvalue weighted by Gasteiger charge is 2.13. The summed E-state index contributed by atoms with van der Waals surface area (Å²) in [6, 6.07) is 17.3. The van der Waals surface area contributed by atoms with Gasteiger partial charge in [0.2, 0.25) is 0 Å². The molecular weight excluding hydrogens is 302 g/mol. The fourth-order valence-corrected chi connectivity index (χ4v) is 2.63. The molecule has 0 amide bonds. The summed E-state index contributed by atoms with van der Waals surface area (Å²) in [5, 5.41) is 5.05. The van der Waals surface area contributed by atoms with E-state index in [1.54, 1.807) is 17.1 Å². The number of nitrogens with zero attached hydrogens (tertiary/aromatic N) is 2. The third-order valence-electron chi connectivity index (χ3n) is 3.88. The Balaban J connectivity index is 1.45. The van der Waals surface area contributed by atoms with Crippen LogP contribution in [0, 0.1) is 0 Å². The third kappa shape index (κ3) is 2.67. The lowest BCUT2D eigenvalue weighted by Gasteiger charge is -2.06. The lowest BCUT2D eigenvalue weighted by Crippen LogP contribution is -2.04. The molecule has 4 rings (SSSR count). The minimum absolute atomic E-state index is 0.234. The Morgan fingerprint density at radius 2 is 1.92 bits per heavy atom. The van der Waals surface area contributed by atoms with Gasteiger partial charge in [0.05, 0.1) is 11.3 Å². The van der Waals surface area contributed by atoms with Crippen LogP contribution in [0.2, 0.25) is 0 Å². The minimum atomic E-state index is -0.330. The van der Waals surface area contributed by atoms with E-state index in [-0.39, 0.29) is 12.6 Å². The first kappa shape index (κ1) is 14.3. The number of para-hydroxylation sites is 1. The van der Waals surface area contributed by atoms with Crippen molar-refractivity contribution in [2.45, 2.75) is 6.61 Å². The van der Waals surface area contributed by atoms with Gasteiger partial charge in [0, 0.05) is 29.5 Å². The predicted molar refractivity (Wildman–Crippen MR) is 91.0 cm³/mol. The van der Waals surface area contributed by atoms with Crippen LogP contribution >= 0.6 is 0 Å². The topological polar surface area (TPSA) is 59.9 Å². The summed E-state index contributed by atoms with van der Waals surface area (Å²) in [6.07, 6.45) is 5.30. The number of esters is 1. The van der Waals surface area contributed by atoms with Gasteiger partial charge in [-0.15, -0.1) is 0 Å². The summed E-state index contributed by atoms with van der Waals surface area (Å²) in [5.74, 6) is -0.330. The molecule has 0 saturated carbocycles. The van der Waals surface area contributed by atoms with Crippen molar-refractivity contribution in [3.05, 3.63) is 84.3 Å². The van der Waals surface area contributed by atoms with Crippen LogP contribution in [0.3, 0.4) is 0 Å². The third-order valence-corrected chi connectivity index (χ3v) is 3.88. The molecular formula is C19H15N3O2. The standard InChI is InChI=1S/C19H15N3O2/c23-19(17-12-20-18-5-2-1-4-16(17)18)24-13-14-6-8-15(9-7-14)22-11-3-10-21-22/h1-12,20H,13H2. The number of aromatic nitrogens is 3. The number of carbonyl (C=O) groups excluding carboxylic acids is 1. The van der Waals surface area contributed by atoms with Crippen LogP contribution in [0.4, 0.5) is 0 Å². The number of fused-ring (bicyclic) bond motifs is 1. The average Bonchev–Trinajstić information content (AvgIpc) is 3.30. The van der Waals surface area contributed by atoms with Gasteiger partial charge in [-0.2, -0.15) is 5.10 Å². The van der Waals surface area contributed by atoms with Crippen LogP contribution in [0.15, 0.2) is 73.2 Å². The molecule has 0 radical (unpaired) electrons. The number of H-pyrrole nitrogens is 1. The van der Waals surface area contributed by atoms with Crippen molar-refractivity contribution in [2.24, 2.45) is 0 Å². The zero-order valence-corrected chi connectivity index (χ0v) is 12.8. The van der Waals surface area contributed by atoms with Crippen LogP contribution in [0.5, 0.6) is 0 Å². The molecule has 0 atom stereocenters. The van der Waals surface area contributed by atoms with E-state index in [0.717, 1.165) is 22.2 Å². The van der Waals surface area contributed by atoms with Crippen molar-refractivity contribution >= 4 is 16.9 Å². The van der Waals surface area contributed by atoms with E-state index in [1.807, 2.05) is 60.8 Å². The van der Waals surface area contributed by atoms with Crippen LogP contribution in [-0.2, 0) is 11.3 Å². The maximum absolute atomic E-state index is 12.3. The highest BCUT2D eigenvalue weighted by Crippen LogP contribution is 2.19. The molecule has 5 nitrogen and oxygen atoms in total.